The third-order valence-electron chi connectivity index (χ3n) is 2.54. The van der Waals surface area contributed by atoms with Crippen LogP contribution in [0.2, 0.25) is 0 Å². The Balaban J connectivity index is 0.000000354. The van der Waals surface area contributed by atoms with Gasteiger partial charge < -0.3 is 25.2 Å². The van der Waals surface area contributed by atoms with E-state index in [1.54, 1.807) is 0 Å². The van der Waals surface area contributed by atoms with Crippen molar-refractivity contribution in [3.8, 4) is 0 Å². The maximum atomic E-state index is 8.72. The highest BCUT2D eigenvalue weighted by Crippen LogP contribution is 2.15. The molecule has 1 fully saturated rings. The van der Waals surface area contributed by atoms with Crippen LogP contribution in [0.3, 0.4) is 0 Å². The van der Waals surface area contributed by atoms with E-state index in [0.29, 0.717) is 0 Å². The van der Waals surface area contributed by atoms with Gasteiger partial charge in [0.05, 0.1) is 26.4 Å². The zero-order chi connectivity index (χ0) is 12.9. The summed E-state index contributed by atoms with van der Waals surface area (Å²) in [7, 11) is 0. The first-order valence-corrected chi connectivity index (χ1v) is 6.36. The zero-order valence-corrected chi connectivity index (χ0v) is 10.4. The summed E-state index contributed by atoms with van der Waals surface area (Å²) in [6.45, 7) is -0.800. The van der Waals surface area contributed by atoms with Crippen molar-refractivity contribution in [1.82, 2.24) is 0 Å². The van der Waals surface area contributed by atoms with E-state index in [9.17, 15) is 0 Å². The van der Waals surface area contributed by atoms with Gasteiger partial charge in [-0.05, 0) is 0 Å². The number of rotatable bonds is 6. The summed E-state index contributed by atoms with van der Waals surface area (Å²) in [5, 5.41) is 34.1. The molecule has 0 aromatic carbocycles. The molecule has 5 nitrogen and oxygen atoms in total. The molecule has 0 aromatic rings. The van der Waals surface area contributed by atoms with Gasteiger partial charge in [-0.15, -0.1) is 0 Å². The first-order valence-electron chi connectivity index (χ1n) is 6.36. The van der Waals surface area contributed by atoms with Gasteiger partial charge in [0.15, 0.2) is 0 Å². The Labute approximate surface area is 103 Å². The van der Waals surface area contributed by atoms with Crippen LogP contribution in [0.4, 0.5) is 0 Å². The molecule has 5 heteroatoms. The second-order valence-corrected chi connectivity index (χ2v) is 4.33. The molecular formula is C12H26O5. The van der Waals surface area contributed by atoms with Gasteiger partial charge in [-0.25, -0.2) is 0 Å². The molecule has 0 aliphatic heterocycles. The van der Waals surface area contributed by atoms with E-state index in [0.717, 1.165) is 0 Å². The summed E-state index contributed by atoms with van der Waals surface area (Å²) in [6, 6.07) is 0. The Morgan fingerprint density at radius 1 is 0.706 bits per heavy atom. The van der Waals surface area contributed by atoms with Gasteiger partial charge in [-0.3, -0.25) is 0 Å². The number of hydrogen-bond acceptors (Lipinski definition) is 5. The fraction of sp³-hybridized carbons (Fsp3) is 1.00. The Bertz CT molecular complexity index is 128. The van der Waals surface area contributed by atoms with Gasteiger partial charge in [-0.1, -0.05) is 38.5 Å². The predicted molar refractivity (Wildman–Crippen MR) is 64.7 cm³/mol. The second-order valence-electron chi connectivity index (χ2n) is 4.33. The molecule has 2 atom stereocenters. The first kappa shape index (κ1) is 16.8. The Hall–Kier alpha value is -0.200. The molecule has 0 bridgehead atoms. The van der Waals surface area contributed by atoms with Crippen molar-refractivity contribution in [2.24, 2.45) is 0 Å². The Morgan fingerprint density at radius 3 is 1.24 bits per heavy atom. The van der Waals surface area contributed by atoms with E-state index in [-0.39, 0.29) is 26.4 Å². The van der Waals surface area contributed by atoms with Crippen LogP contribution in [0.5, 0.6) is 0 Å². The predicted octanol–water partition coefficient (Wildman–Crippen LogP) is 0.0500. The van der Waals surface area contributed by atoms with Crippen LogP contribution in [-0.4, -0.2) is 59.1 Å². The molecule has 17 heavy (non-hydrogen) atoms. The van der Waals surface area contributed by atoms with E-state index < -0.39 is 12.2 Å². The van der Waals surface area contributed by atoms with E-state index in [1.165, 1.54) is 38.5 Å². The molecule has 0 radical (unpaired) electrons. The molecule has 1 rings (SSSR count). The van der Waals surface area contributed by atoms with Gasteiger partial charge in [0.25, 0.3) is 0 Å². The maximum Gasteiger partial charge on any atom is 0.100 e. The highest BCUT2D eigenvalue weighted by molar-refractivity contribution is 4.53. The fourth-order valence-electron chi connectivity index (χ4n) is 1.51. The van der Waals surface area contributed by atoms with Crippen LogP contribution >= 0.6 is 0 Å². The average molecular weight is 250 g/mol. The Kier molecular flexibility index (Phi) is 12.1. The van der Waals surface area contributed by atoms with E-state index in [2.05, 4.69) is 0 Å². The summed E-state index contributed by atoms with van der Waals surface area (Å²) in [5.74, 6) is 0. The lowest BCUT2D eigenvalue weighted by Crippen LogP contribution is -2.25. The molecule has 1 aliphatic rings. The summed E-state index contributed by atoms with van der Waals surface area (Å²) in [6.07, 6.45) is 7.17. The minimum Gasteiger partial charge on any atom is -0.394 e. The van der Waals surface area contributed by atoms with Crippen LogP contribution in [0.1, 0.15) is 38.5 Å². The van der Waals surface area contributed by atoms with Crippen LogP contribution in [-0.2, 0) is 4.74 Å². The molecule has 0 saturated heterocycles. The van der Waals surface area contributed by atoms with Gasteiger partial charge in [0.1, 0.15) is 12.2 Å². The number of ether oxygens (including phenoxy) is 1. The van der Waals surface area contributed by atoms with Crippen LogP contribution in [0, 0.1) is 0 Å². The van der Waals surface area contributed by atoms with Crippen molar-refractivity contribution in [3.63, 3.8) is 0 Å². The molecule has 104 valence electrons. The van der Waals surface area contributed by atoms with Crippen LogP contribution in [0.25, 0.3) is 0 Å². The molecule has 0 aromatic heterocycles. The molecule has 1 saturated carbocycles. The standard InChI is InChI=1S/C6H14O5.C6H12/c7-1-5(9)3-11-4-6(10)2-8;1-2-4-6-5-3-1/h5-10H,1-4H2;1-6H2. The normalized spacial score (nSPS) is 19.1. The third-order valence-corrected chi connectivity index (χ3v) is 2.54. The maximum absolute atomic E-state index is 8.72. The SMILES string of the molecule is C1CCCCC1.OCC(O)COCC(O)CO. The van der Waals surface area contributed by atoms with Crippen molar-refractivity contribution in [3.05, 3.63) is 0 Å². The van der Waals surface area contributed by atoms with Crippen molar-refractivity contribution in [2.45, 2.75) is 50.7 Å². The van der Waals surface area contributed by atoms with Crippen molar-refractivity contribution >= 4 is 0 Å². The highest BCUT2D eigenvalue weighted by Gasteiger charge is 2.04. The van der Waals surface area contributed by atoms with E-state index >= 15 is 0 Å². The minimum absolute atomic E-state index is 0.0342. The van der Waals surface area contributed by atoms with Gasteiger partial charge in [-0.2, -0.15) is 0 Å². The van der Waals surface area contributed by atoms with Crippen LogP contribution < -0.4 is 0 Å². The lowest BCUT2D eigenvalue weighted by Gasteiger charge is -2.10. The van der Waals surface area contributed by atoms with Crippen molar-refractivity contribution in [1.29, 1.82) is 0 Å². The largest absolute Gasteiger partial charge is 0.394 e. The summed E-state index contributed by atoms with van der Waals surface area (Å²) >= 11 is 0. The highest BCUT2D eigenvalue weighted by atomic mass is 16.5. The average Bonchev–Trinajstić information content (AvgIpc) is 2.41. The molecule has 1 aliphatic carbocycles. The summed E-state index contributed by atoms with van der Waals surface area (Å²) in [5.41, 5.74) is 0. The molecule has 4 N–H and O–H groups in total. The minimum atomic E-state index is -0.916. The van der Waals surface area contributed by atoms with E-state index in [1.807, 2.05) is 0 Å². The zero-order valence-electron chi connectivity index (χ0n) is 10.4. The monoisotopic (exact) mass is 250 g/mol. The topological polar surface area (TPSA) is 90.2 Å². The van der Waals surface area contributed by atoms with Crippen molar-refractivity contribution in [2.75, 3.05) is 26.4 Å². The molecule has 0 heterocycles. The van der Waals surface area contributed by atoms with E-state index in [4.69, 9.17) is 25.2 Å². The lowest BCUT2D eigenvalue weighted by molar-refractivity contribution is -0.0364. The quantitative estimate of drug-likeness (QED) is 0.535. The molecule has 2 unspecified atom stereocenters. The molecule has 0 spiro atoms. The molecule has 0 amide bonds. The second kappa shape index (κ2) is 12.3. The Morgan fingerprint density at radius 2 is 1.00 bits per heavy atom. The fourth-order valence-corrected chi connectivity index (χ4v) is 1.51. The number of hydrogen-bond donors (Lipinski definition) is 4. The molecular weight excluding hydrogens is 224 g/mol. The number of aliphatic hydroxyl groups is 4. The van der Waals surface area contributed by atoms with Gasteiger partial charge in [0.2, 0.25) is 0 Å². The lowest BCUT2D eigenvalue weighted by atomic mass is 10.0. The summed E-state index contributed by atoms with van der Waals surface area (Å²) in [4.78, 5) is 0. The smallest absolute Gasteiger partial charge is 0.100 e. The third kappa shape index (κ3) is 12.1. The van der Waals surface area contributed by atoms with Crippen LogP contribution in [0.15, 0.2) is 0 Å². The van der Waals surface area contributed by atoms with Gasteiger partial charge in [0, 0.05) is 0 Å². The number of aliphatic hydroxyl groups excluding tert-OH is 4. The van der Waals surface area contributed by atoms with Crippen molar-refractivity contribution < 1.29 is 25.2 Å². The first-order chi connectivity index (χ1) is 8.20. The summed E-state index contributed by atoms with van der Waals surface area (Å²) < 4.78 is 4.72. The van der Waals surface area contributed by atoms with Gasteiger partial charge >= 0.3 is 0 Å².